The van der Waals surface area contributed by atoms with E-state index in [1.54, 1.807) is 0 Å². The van der Waals surface area contributed by atoms with E-state index in [1.165, 1.54) is 75.3 Å². The van der Waals surface area contributed by atoms with Crippen molar-refractivity contribution >= 4 is 21.9 Å². The topological polar surface area (TPSA) is 75.6 Å². The van der Waals surface area contributed by atoms with Crippen molar-refractivity contribution in [3.63, 3.8) is 0 Å². The second kappa shape index (κ2) is 14.8. The van der Waals surface area contributed by atoms with Crippen LogP contribution in [0, 0.1) is 46.8 Å². The lowest BCUT2D eigenvalue weighted by Gasteiger charge is -2.50. The fourth-order valence-electron chi connectivity index (χ4n) is 13.7. The highest BCUT2D eigenvalue weighted by Crippen LogP contribution is 2.56. The molecule has 0 amide bonds. The third-order valence-corrected chi connectivity index (χ3v) is 15.4. The van der Waals surface area contributed by atoms with E-state index in [2.05, 4.69) is 119 Å². The van der Waals surface area contributed by atoms with Gasteiger partial charge in [-0.1, -0.05) is 94.4 Å². The van der Waals surface area contributed by atoms with Crippen molar-refractivity contribution in [3.8, 4) is 51.4 Å². The maximum atomic E-state index is 9.74. The van der Waals surface area contributed by atoms with Gasteiger partial charge in [0.2, 0.25) is 0 Å². The highest BCUT2D eigenvalue weighted by atomic mass is 16.3. The molecule has 2 heterocycles. The number of aromatic nitrogens is 3. The van der Waals surface area contributed by atoms with E-state index in [4.69, 9.17) is 19.4 Å². The molecule has 4 aliphatic carbocycles. The summed E-state index contributed by atoms with van der Waals surface area (Å²) >= 11 is 0. The summed E-state index contributed by atoms with van der Waals surface area (Å²) in [6, 6.07) is 41.5. The minimum atomic E-state index is 0.0957. The van der Waals surface area contributed by atoms with Gasteiger partial charge in [0, 0.05) is 27.5 Å². The number of hydrogen-bond acceptors (Lipinski definition) is 5. The molecule has 4 bridgehead atoms. The monoisotopic (exact) mass is 800 g/mol. The third-order valence-electron chi connectivity index (χ3n) is 15.4. The highest BCUT2D eigenvalue weighted by molar-refractivity contribution is 6.06. The molecule has 0 aliphatic heterocycles. The largest absolute Gasteiger partial charge is 0.456 e. The molecule has 4 saturated carbocycles. The second-order valence-electron chi connectivity index (χ2n) is 20.6. The van der Waals surface area contributed by atoms with Crippen molar-refractivity contribution in [2.75, 3.05) is 0 Å². The summed E-state index contributed by atoms with van der Waals surface area (Å²) in [6.45, 7) is 9.86. The van der Waals surface area contributed by atoms with Gasteiger partial charge in [-0.25, -0.2) is 15.0 Å². The van der Waals surface area contributed by atoms with Crippen LogP contribution in [0.25, 0.3) is 67.2 Å². The summed E-state index contributed by atoms with van der Waals surface area (Å²) < 4.78 is 6.28. The van der Waals surface area contributed by atoms with Crippen LogP contribution in [-0.4, -0.2) is 15.0 Å². The zero-order valence-corrected chi connectivity index (χ0v) is 36.1. The Bertz CT molecular complexity index is 2790. The maximum Gasteiger partial charge on any atom is 0.164 e. The predicted molar refractivity (Wildman–Crippen MR) is 247 cm³/mol. The molecule has 0 N–H and O–H groups in total. The SMILES string of the molecule is C[C@@H]1C[C@@H]2C[C@H](C)CC(c3ccc(-c4nc(-c5ccccc5)nc(-c5cc(-c6ccc7oc8ccc(C#N)cc8c7c6)cc(C67C[C@H](C)C[C@H](C[C@H](C)C6)C7)c5)n4)cc3)(C1)C2. The van der Waals surface area contributed by atoms with Gasteiger partial charge in [0.05, 0.1) is 11.6 Å². The lowest BCUT2D eigenvalue weighted by atomic mass is 9.54. The van der Waals surface area contributed by atoms with Gasteiger partial charge in [-0.3, -0.25) is 0 Å². The van der Waals surface area contributed by atoms with Crippen LogP contribution >= 0.6 is 0 Å². The molecule has 5 aromatic carbocycles. The minimum Gasteiger partial charge on any atom is -0.456 e. The number of rotatable bonds is 6. The highest BCUT2D eigenvalue weighted by Gasteiger charge is 2.46. The Kier molecular flexibility index (Phi) is 9.30. The van der Waals surface area contributed by atoms with Crippen LogP contribution in [-0.2, 0) is 10.8 Å². The van der Waals surface area contributed by atoms with Gasteiger partial charge in [-0.2, -0.15) is 5.26 Å². The van der Waals surface area contributed by atoms with Gasteiger partial charge in [0.1, 0.15) is 11.2 Å². The molecule has 5 heteroatoms. The molecule has 8 atom stereocenters. The van der Waals surface area contributed by atoms with Gasteiger partial charge in [0.25, 0.3) is 0 Å². The number of furan rings is 1. The summed E-state index contributed by atoms with van der Waals surface area (Å²) in [5.74, 6) is 6.58. The molecule has 5 nitrogen and oxygen atoms in total. The van der Waals surface area contributed by atoms with Crippen LogP contribution in [0.15, 0.2) is 114 Å². The number of fused-ring (bicyclic) bond motifs is 7. The fourth-order valence-corrected chi connectivity index (χ4v) is 13.7. The summed E-state index contributed by atoms with van der Waals surface area (Å²) in [4.78, 5) is 15.9. The first-order valence-electron chi connectivity index (χ1n) is 23.1. The second-order valence-corrected chi connectivity index (χ2v) is 20.6. The van der Waals surface area contributed by atoms with Crippen LogP contribution in [0.4, 0.5) is 0 Å². The Morgan fingerprint density at radius 1 is 0.475 bits per heavy atom. The Morgan fingerprint density at radius 2 is 0.967 bits per heavy atom. The molecule has 4 fully saturated rings. The maximum absolute atomic E-state index is 9.74. The minimum absolute atomic E-state index is 0.0957. The molecule has 0 radical (unpaired) electrons. The smallest absolute Gasteiger partial charge is 0.164 e. The summed E-state index contributed by atoms with van der Waals surface area (Å²) in [5, 5.41) is 11.7. The first-order valence-corrected chi connectivity index (χ1v) is 23.1. The van der Waals surface area contributed by atoms with Crippen molar-refractivity contribution in [1.29, 1.82) is 5.26 Å². The van der Waals surface area contributed by atoms with Crippen LogP contribution < -0.4 is 0 Å². The molecule has 2 unspecified atom stereocenters. The molecule has 0 saturated heterocycles. The van der Waals surface area contributed by atoms with Gasteiger partial charge in [0.15, 0.2) is 17.5 Å². The van der Waals surface area contributed by atoms with Gasteiger partial charge in [-0.05, 0) is 175 Å². The molecule has 4 aliphatic rings. The van der Waals surface area contributed by atoms with Gasteiger partial charge < -0.3 is 4.42 Å². The molecule has 7 aromatic rings. The van der Waals surface area contributed by atoms with Crippen LogP contribution in [0.3, 0.4) is 0 Å². The molecule has 2 aromatic heterocycles. The lowest BCUT2D eigenvalue weighted by Crippen LogP contribution is -2.42. The summed E-state index contributed by atoms with van der Waals surface area (Å²) in [7, 11) is 0. The van der Waals surface area contributed by atoms with E-state index < -0.39 is 0 Å². The van der Waals surface area contributed by atoms with Crippen LogP contribution in [0.5, 0.6) is 0 Å². The van der Waals surface area contributed by atoms with E-state index in [9.17, 15) is 5.26 Å². The van der Waals surface area contributed by atoms with Gasteiger partial charge in [-0.15, -0.1) is 0 Å². The number of nitriles is 1. The molecule has 0 spiro atoms. The molecule has 11 rings (SSSR count). The van der Waals surface area contributed by atoms with E-state index in [-0.39, 0.29) is 10.8 Å². The van der Waals surface area contributed by atoms with Crippen molar-refractivity contribution in [2.24, 2.45) is 35.5 Å². The Hall–Kier alpha value is -5.60. The van der Waals surface area contributed by atoms with Gasteiger partial charge >= 0.3 is 0 Å². The Balaban J connectivity index is 1.07. The normalized spacial score (nSPS) is 28.4. The average molecular weight is 801 g/mol. The van der Waals surface area contributed by atoms with Crippen molar-refractivity contribution in [2.45, 2.75) is 103 Å². The van der Waals surface area contributed by atoms with Crippen LogP contribution in [0.2, 0.25) is 0 Å². The quantitative estimate of drug-likeness (QED) is 0.167. The average Bonchev–Trinajstić information content (AvgIpc) is 3.62. The number of nitrogens with zero attached hydrogens (tertiary/aromatic N) is 4. The molecule has 306 valence electrons. The standard InChI is InChI=1S/C56H56N4O/c1-34-18-39-19-35(2)28-55(27-34,31-39)46-14-11-42(12-15-46)53-58-52(41-8-6-5-7-9-41)59-54(60-53)45-23-44(24-47(25-45)56-29-36(3)20-40(32-56)21-37(4)30-56)43-13-17-51-49(26-43)48-22-38(33-57)10-16-50(48)61-51/h5-17,22-26,34-37,39-40H,18-21,27-32H2,1-4H3/t34-,35+,36-,37+,39-,40-,55?,56?. The molecule has 61 heavy (non-hydrogen) atoms. The number of hydrogen-bond donors (Lipinski definition) is 0. The Labute approximate surface area is 360 Å². The fraction of sp³-hybridized carbons (Fsp3) is 0.393. The zero-order chi connectivity index (χ0) is 41.5. The first kappa shape index (κ1) is 38.3. The lowest BCUT2D eigenvalue weighted by molar-refractivity contribution is 0.0779. The number of benzene rings is 5. The van der Waals surface area contributed by atoms with E-state index in [0.717, 1.165) is 73.4 Å². The summed E-state index contributed by atoms with van der Waals surface area (Å²) in [5.41, 5.74) is 10.8. The van der Waals surface area contributed by atoms with Crippen molar-refractivity contribution in [1.82, 2.24) is 15.0 Å². The van der Waals surface area contributed by atoms with Crippen molar-refractivity contribution < 1.29 is 4.42 Å². The van der Waals surface area contributed by atoms with E-state index in [0.29, 0.717) is 34.9 Å². The molecular weight excluding hydrogens is 745 g/mol. The van der Waals surface area contributed by atoms with Crippen LogP contribution in [0.1, 0.15) is 109 Å². The third kappa shape index (κ3) is 6.97. The Morgan fingerprint density at radius 3 is 1.56 bits per heavy atom. The van der Waals surface area contributed by atoms with Crippen molar-refractivity contribution in [3.05, 3.63) is 126 Å². The first-order chi connectivity index (χ1) is 29.6. The van der Waals surface area contributed by atoms with E-state index >= 15 is 0 Å². The predicted octanol–water partition coefficient (Wildman–Crippen LogP) is 14.5. The summed E-state index contributed by atoms with van der Waals surface area (Å²) in [6.07, 6.45) is 12.9. The van der Waals surface area contributed by atoms with E-state index in [1.807, 2.05) is 24.3 Å². The molecular formula is C56H56N4O. The zero-order valence-electron chi connectivity index (χ0n) is 36.1.